The van der Waals surface area contributed by atoms with Crippen LogP contribution in [0.5, 0.6) is 0 Å². The number of aryl methyl sites for hydroxylation is 2. The van der Waals surface area contributed by atoms with Crippen LogP contribution in [0, 0.1) is 12.8 Å². The van der Waals surface area contributed by atoms with Crippen molar-refractivity contribution in [3.05, 3.63) is 59.2 Å². The van der Waals surface area contributed by atoms with Crippen molar-refractivity contribution in [1.29, 1.82) is 0 Å². The molecule has 0 aromatic heterocycles. The van der Waals surface area contributed by atoms with E-state index < -0.39 is 0 Å². The van der Waals surface area contributed by atoms with Gasteiger partial charge in [-0.2, -0.15) is 0 Å². The van der Waals surface area contributed by atoms with E-state index in [1.165, 1.54) is 44.8 Å². The molecule has 0 radical (unpaired) electrons. The van der Waals surface area contributed by atoms with E-state index in [9.17, 15) is 4.79 Å². The average molecular weight is 404 g/mol. The van der Waals surface area contributed by atoms with Gasteiger partial charge in [0.05, 0.1) is 12.7 Å². The minimum atomic E-state index is -0.291. The van der Waals surface area contributed by atoms with Crippen LogP contribution < -0.4 is 5.73 Å². The molecule has 154 valence electrons. The Hall–Kier alpha value is -1.84. The van der Waals surface area contributed by atoms with E-state index in [1.807, 2.05) is 30.3 Å². The summed E-state index contributed by atoms with van der Waals surface area (Å²) in [7, 11) is 1.41. The highest BCUT2D eigenvalue weighted by molar-refractivity contribution is 5.97. The summed E-state index contributed by atoms with van der Waals surface area (Å²) in [6.45, 7) is 5.07. The molecule has 1 saturated carbocycles. The predicted molar refractivity (Wildman–Crippen MR) is 120 cm³/mol. The number of carbonyl (C=O) groups is 1. The molecule has 0 amide bonds. The summed E-state index contributed by atoms with van der Waals surface area (Å²) in [4.78, 5) is 11.9. The smallest absolute Gasteiger partial charge is 0.338 e. The number of ether oxygens (including phenoxy) is 1. The zero-order valence-electron chi connectivity index (χ0n) is 17.4. The topological polar surface area (TPSA) is 52.3 Å². The Balaban J connectivity index is 0.000000367. The van der Waals surface area contributed by atoms with E-state index in [2.05, 4.69) is 26.0 Å². The van der Waals surface area contributed by atoms with Crippen molar-refractivity contribution in [2.45, 2.75) is 52.4 Å². The second kappa shape index (κ2) is 12.6. The van der Waals surface area contributed by atoms with Gasteiger partial charge in [0.25, 0.3) is 0 Å². The number of hydrogen-bond donors (Lipinski definition) is 1. The molecule has 28 heavy (non-hydrogen) atoms. The van der Waals surface area contributed by atoms with Gasteiger partial charge < -0.3 is 10.5 Å². The Bertz CT molecular complexity index is 739. The van der Waals surface area contributed by atoms with Crippen molar-refractivity contribution in [3.63, 3.8) is 0 Å². The van der Waals surface area contributed by atoms with E-state index in [0.29, 0.717) is 5.56 Å². The van der Waals surface area contributed by atoms with Crippen molar-refractivity contribution in [1.82, 2.24) is 0 Å². The summed E-state index contributed by atoms with van der Waals surface area (Å²) in [5, 5.41) is 0. The van der Waals surface area contributed by atoms with Crippen LogP contribution in [0.2, 0.25) is 0 Å². The molecular weight excluding hydrogens is 370 g/mol. The molecule has 0 spiro atoms. The van der Waals surface area contributed by atoms with E-state index in [4.69, 9.17) is 10.5 Å². The first-order chi connectivity index (χ1) is 13.1. The summed E-state index contributed by atoms with van der Waals surface area (Å²) in [5.74, 6) is 0.574. The number of nitrogens with two attached hydrogens (primary N) is 1. The first kappa shape index (κ1) is 24.2. The van der Waals surface area contributed by atoms with E-state index in [0.717, 1.165) is 35.6 Å². The van der Waals surface area contributed by atoms with E-state index in [1.54, 1.807) is 0 Å². The number of hydrogen-bond acceptors (Lipinski definition) is 3. The Morgan fingerprint density at radius 1 is 1.07 bits per heavy atom. The van der Waals surface area contributed by atoms with Gasteiger partial charge in [-0.05, 0) is 67.0 Å². The minimum absolute atomic E-state index is 0. The molecule has 1 aliphatic rings. The monoisotopic (exact) mass is 403 g/mol. The van der Waals surface area contributed by atoms with Crippen LogP contribution in [0.3, 0.4) is 0 Å². The van der Waals surface area contributed by atoms with Gasteiger partial charge >= 0.3 is 5.97 Å². The number of carbonyl (C=O) groups excluding carboxylic acids is 1. The van der Waals surface area contributed by atoms with Crippen LogP contribution in [0.1, 0.15) is 60.5 Å². The molecule has 0 unspecified atom stereocenters. The molecular formula is C24H34ClNO2. The molecule has 3 nitrogen and oxygen atoms in total. The summed E-state index contributed by atoms with van der Waals surface area (Å²) in [6.07, 6.45) is 7.99. The molecule has 0 heterocycles. The Morgan fingerprint density at radius 2 is 1.75 bits per heavy atom. The van der Waals surface area contributed by atoms with Gasteiger partial charge in [0.2, 0.25) is 0 Å². The average Bonchev–Trinajstić information content (AvgIpc) is 2.74. The molecule has 2 N–H and O–H groups in total. The number of halogens is 1. The van der Waals surface area contributed by atoms with Crippen LogP contribution >= 0.6 is 12.4 Å². The Labute approximate surface area is 176 Å². The molecule has 2 aromatic carbocycles. The second-order valence-electron chi connectivity index (χ2n) is 7.28. The molecule has 0 aliphatic heterocycles. The number of methoxy groups -OCH3 is 1. The lowest BCUT2D eigenvalue weighted by Crippen LogP contribution is -2.16. The fraction of sp³-hybridized carbons (Fsp3) is 0.458. The SMILES string of the molecule is CCc1ccc(C(=O)OC)c(-c2ccccc2C)c1.Cl.NCC1CCCCC1. The number of rotatable bonds is 4. The Morgan fingerprint density at radius 3 is 2.29 bits per heavy atom. The van der Waals surface area contributed by atoms with Gasteiger partial charge in [0.15, 0.2) is 0 Å². The third-order valence-electron chi connectivity index (χ3n) is 5.39. The lowest BCUT2D eigenvalue weighted by atomic mass is 9.90. The zero-order valence-corrected chi connectivity index (χ0v) is 18.2. The summed E-state index contributed by atoms with van der Waals surface area (Å²) >= 11 is 0. The third-order valence-corrected chi connectivity index (χ3v) is 5.39. The first-order valence-electron chi connectivity index (χ1n) is 10.1. The van der Waals surface area contributed by atoms with Crippen molar-refractivity contribution in [2.24, 2.45) is 11.7 Å². The second-order valence-corrected chi connectivity index (χ2v) is 7.28. The number of esters is 1. The van der Waals surface area contributed by atoms with Crippen LogP contribution in [0.15, 0.2) is 42.5 Å². The zero-order chi connectivity index (χ0) is 19.6. The van der Waals surface area contributed by atoms with Gasteiger partial charge in [-0.25, -0.2) is 4.79 Å². The highest BCUT2D eigenvalue weighted by Crippen LogP contribution is 2.28. The van der Waals surface area contributed by atoms with E-state index in [-0.39, 0.29) is 18.4 Å². The lowest BCUT2D eigenvalue weighted by molar-refractivity contribution is 0.0601. The van der Waals surface area contributed by atoms with Gasteiger partial charge in [0, 0.05) is 0 Å². The molecule has 3 rings (SSSR count). The fourth-order valence-electron chi connectivity index (χ4n) is 3.62. The Kier molecular flexibility index (Phi) is 10.9. The molecule has 1 aliphatic carbocycles. The highest BCUT2D eigenvalue weighted by atomic mass is 35.5. The number of benzene rings is 2. The first-order valence-corrected chi connectivity index (χ1v) is 10.1. The minimum Gasteiger partial charge on any atom is -0.465 e. The van der Waals surface area contributed by atoms with Crippen LogP contribution in [0.25, 0.3) is 11.1 Å². The maximum atomic E-state index is 11.9. The quantitative estimate of drug-likeness (QED) is 0.641. The largest absolute Gasteiger partial charge is 0.465 e. The van der Waals surface area contributed by atoms with Crippen molar-refractivity contribution < 1.29 is 9.53 Å². The normalized spacial score (nSPS) is 13.7. The standard InChI is InChI=1S/C17H18O2.C7H15N.ClH/c1-4-13-9-10-15(17(18)19-3)16(11-13)14-8-6-5-7-12(14)2;8-6-7-4-2-1-3-5-7;/h5-11H,4H2,1-3H3;7H,1-6,8H2;1H. The van der Waals surface area contributed by atoms with Crippen molar-refractivity contribution >= 4 is 18.4 Å². The van der Waals surface area contributed by atoms with E-state index >= 15 is 0 Å². The maximum Gasteiger partial charge on any atom is 0.338 e. The molecule has 4 heteroatoms. The molecule has 1 fully saturated rings. The van der Waals surface area contributed by atoms with Crippen molar-refractivity contribution in [2.75, 3.05) is 13.7 Å². The van der Waals surface area contributed by atoms with Crippen LogP contribution in [-0.2, 0) is 11.2 Å². The van der Waals surface area contributed by atoms with Gasteiger partial charge in [-0.1, -0.05) is 62.6 Å². The molecule has 0 bridgehead atoms. The summed E-state index contributed by atoms with van der Waals surface area (Å²) in [5.41, 5.74) is 10.5. The third kappa shape index (κ3) is 6.65. The predicted octanol–water partition coefficient (Wildman–Crippen LogP) is 5.96. The van der Waals surface area contributed by atoms with Gasteiger partial charge in [-0.15, -0.1) is 12.4 Å². The maximum absolute atomic E-state index is 11.9. The molecule has 0 saturated heterocycles. The summed E-state index contributed by atoms with van der Waals surface area (Å²) < 4.78 is 4.87. The van der Waals surface area contributed by atoms with Gasteiger partial charge in [-0.3, -0.25) is 0 Å². The molecule has 0 atom stereocenters. The highest BCUT2D eigenvalue weighted by Gasteiger charge is 2.15. The van der Waals surface area contributed by atoms with Crippen molar-refractivity contribution in [3.8, 4) is 11.1 Å². The fourth-order valence-corrected chi connectivity index (χ4v) is 3.62. The summed E-state index contributed by atoms with van der Waals surface area (Å²) in [6, 6.07) is 14.0. The van der Waals surface area contributed by atoms with Gasteiger partial charge in [0.1, 0.15) is 0 Å². The van der Waals surface area contributed by atoms with Crippen LogP contribution in [0.4, 0.5) is 0 Å². The van der Waals surface area contributed by atoms with Crippen LogP contribution in [-0.4, -0.2) is 19.6 Å². The lowest BCUT2D eigenvalue weighted by Gasteiger charge is -2.18. The molecule has 2 aromatic rings.